The molecule has 130 valence electrons. The van der Waals surface area contributed by atoms with E-state index in [0.717, 1.165) is 9.64 Å². The molecule has 0 radical (unpaired) electrons. The first-order chi connectivity index (χ1) is 11.8. The van der Waals surface area contributed by atoms with Gasteiger partial charge in [0, 0.05) is 17.2 Å². The highest BCUT2D eigenvalue weighted by Gasteiger charge is 2.17. The highest BCUT2D eigenvalue weighted by molar-refractivity contribution is 14.1. The minimum absolute atomic E-state index is 0.150. The number of nitrogens with one attached hydrogen (secondary N) is 1. The second-order valence-corrected chi connectivity index (χ2v) is 6.69. The van der Waals surface area contributed by atoms with Gasteiger partial charge in [0.1, 0.15) is 5.75 Å². The third-order valence-electron chi connectivity index (χ3n) is 3.06. The van der Waals surface area contributed by atoms with Gasteiger partial charge in [0.25, 0.3) is 5.91 Å². The molecule has 0 aromatic heterocycles. The van der Waals surface area contributed by atoms with E-state index in [1.165, 1.54) is 19.4 Å². The number of rotatable bonds is 5. The summed E-state index contributed by atoms with van der Waals surface area (Å²) in [5.74, 6) is -0.370. The van der Waals surface area contributed by atoms with Gasteiger partial charge in [-0.2, -0.15) is 5.10 Å². The predicted octanol–water partition coefficient (Wildman–Crippen LogP) is 3.44. The molecule has 0 unspecified atom stereocenters. The molecule has 0 saturated heterocycles. The number of nitro benzene ring substituents is 1. The van der Waals surface area contributed by atoms with E-state index in [2.05, 4.69) is 49.0 Å². The molecule has 0 aliphatic rings. The SMILES string of the molecule is COc1cc(C(=O)N/N=C/c2cc(Br)c(O)c([N+](=O)[O-])c2)ccc1I. The number of ether oxygens (including phenoxy) is 1. The van der Waals surface area contributed by atoms with E-state index in [1.54, 1.807) is 18.2 Å². The van der Waals surface area contributed by atoms with Crippen LogP contribution in [0.4, 0.5) is 5.69 Å². The number of methoxy groups -OCH3 is 1. The van der Waals surface area contributed by atoms with E-state index in [4.69, 9.17) is 4.74 Å². The minimum Gasteiger partial charge on any atom is -0.501 e. The lowest BCUT2D eigenvalue weighted by atomic mass is 10.2. The zero-order valence-electron chi connectivity index (χ0n) is 12.7. The molecule has 0 atom stereocenters. The Labute approximate surface area is 164 Å². The molecular weight excluding hydrogens is 509 g/mol. The topological polar surface area (TPSA) is 114 Å². The first-order valence-corrected chi connectivity index (χ1v) is 8.54. The molecule has 25 heavy (non-hydrogen) atoms. The average Bonchev–Trinajstić information content (AvgIpc) is 2.57. The Balaban J connectivity index is 2.16. The van der Waals surface area contributed by atoms with Crippen LogP contribution in [-0.2, 0) is 0 Å². The van der Waals surface area contributed by atoms with Gasteiger partial charge in [-0.05, 0) is 62.8 Å². The molecule has 0 bridgehead atoms. The molecule has 0 aliphatic carbocycles. The van der Waals surface area contributed by atoms with Gasteiger partial charge in [0.2, 0.25) is 5.75 Å². The fourth-order valence-corrected chi connectivity index (χ4v) is 2.87. The first-order valence-electron chi connectivity index (χ1n) is 6.67. The Kier molecular flexibility index (Phi) is 6.31. The van der Waals surface area contributed by atoms with Gasteiger partial charge in [0.05, 0.1) is 26.3 Å². The Morgan fingerprint density at radius 2 is 2.16 bits per heavy atom. The summed E-state index contributed by atoms with van der Waals surface area (Å²) in [6.07, 6.45) is 1.24. The number of carbonyl (C=O) groups is 1. The van der Waals surface area contributed by atoms with Crippen molar-refractivity contribution in [3.63, 3.8) is 0 Å². The van der Waals surface area contributed by atoms with Crippen LogP contribution in [0.3, 0.4) is 0 Å². The molecule has 10 heteroatoms. The van der Waals surface area contributed by atoms with Crippen molar-refractivity contribution >= 4 is 56.3 Å². The smallest absolute Gasteiger partial charge is 0.312 e. The molecule has 0 aliphatic heterocycles. The number of halogens is 2. The number of hydrazone groups is 1. The molecule has 0 saturated carbocycles. The summed E-state index contributed by atoms with van der Waals surface area (Å²) in [5.41, 5.74) is 2.54. The van der Waals surface area contributed by atoms with Crippen LogP contribution < -0.4 is 10.2 Å². The van der Waals surface area contributed by atoms with E-state index in [0.29, 0.717) is 16.9 Å². The van der Waals surface area contributed by atoms with Crippen molar-refractivity contribution in [3.05, 3.63) is 59.6 Å². The van der Waals surface area contributed by atoms with Gasteiger partial charge < -0.3 is 9.84 Å². The zero-order valence-corrected chi connectivity index (χ0v) is 16.4. The molecule has 0 spiro atoms. The highest BCUT2D eigenvalue weighted by Crippen LogP contribution is 2.34. The van der Waals surface area contributed by atoms with Crippen LogP contribution >= 0.6 is 38.5 Å². The number of benzene rings is 2. The third kappa shape index (κ3) is 4.66. The standard InChI is InChI=1S/C15H11BrIN3O5/c1-25-13-6-9(2-3-11(13)17)15(22)19-18-7-8-4-10(16)14(21)12(5-8)20(23)24/h2-7,21H,1H3,(H,19,22)/b18-7+. The van der Waals surface area contributed by atoms with Crippen molar-refractivity contribution in [1.82, 2.24) is 5.43 Å². The minimum atomic E-state index is -0.714. The lowest BCUT2D eigenvalue weighted by Crippen LogP contribution is -2.17. The maximum absolute atomic E-state index is 12.1. The van der Waals surface area contributed by atoms with Crippen molar-refractivity contribution in [1.29, 1.82) is 0 Å². The van der Waals surface area contributed by atoms with Crippen molar-refractivity contribution in [2.45, 2.75) is 0 Å². The van der Waals surface area contributed by atoms with Gasteiger partial charge in [-0.25, -0.2) is 5.43 Å². The van der Waals surface area contributed by atoms with Crippen molar-refractivity contribution in [3.8, 4) is 11.5 Å². The molecule has 0 heterocycles. The number of aromatic hydroxyl groups is 1. The summed E-state index contributed by atoms with van der Waals surface area (Å²) in [7, 11) is 1.51. The monoisotopic (exact) mass is 519 g/mol. The second-order valence-electron chi connectivity index (χ2n) is 4.68. The van der Waals surface area contributed by atoms with E-state index in [9.17, 15) is 20.0 Å². The van der Waals surface area contributed by atoms with Gasteiger partial charge >= 0.3 is 5.69 Å². The number of carbonyl (C=O) groups excluding carboxylic acids is 1. The highest BCUT2D eigenvalue weighted by atomic mass is 127. The maximum Gasteiger partial charge on any atom is 0.312 e. The van der Waals surface area contributed by atoms with Gasteiger partial charge in [-0.3, -0.25) is 14.9 Å². The Bertz CT molecular complexity index is 872. The van der Waals surface area contributed by atoms with Crippen LogP contribution in [0.2, 0.25) is 0 Å². The lowest BCUT2D eigenvalue weighted by molar-refractivity contribution is -0.386. The summed E-state index contributed by atoms with van der Waals surface area (Å²) in [5, 5.41) is 24.3. The van der Waals surface area contributed by atoms with E-state index >= 15 is 0 Å². The summed E-state index contributed by atoms with van der Waals surface area (Å²) < 4.78 is 6.16. The van der Waals surface area contributed by atoms with Crippen LogP contribution in [-0.4, -0.2) is 29.3 Å². The number of nitro groups is 1. The number of hydrogen-bond acceptors (Lipinski definition) is 6. The molecule has 2 aromatic carbocycles. The molecule has 2 aromatic rings. The van der Waals surface area contributed by atoms with Crippen molar-refractivity contribution < 1.29 is 19.6 Å². The van der Waals surface area contributed by atoms with Crippen molar-refractivity contribution in [2.75, 3.05) is 7.11 Å². The first kappa shape index (κ1) is 19.1. The summed E-state index contributed by atoms with van der Waals surface area (Å²) in [6.45, 7) is 0. The second kappa shape index (κ2) is 8.25. The van der Waals surface area contributed by atoms with E-state index < -0.39 is 22.3 Å². The summed E-state index contributed by atoms with van der Waals surface area (Å²) in [6, 6.07) is 7.51. The van der Waals surface area contributed by atoms with Crippen molar-refractivity contribution in [2.24, 2.45) is 5.10 Å². The quantitative estimate of drug-likeness (QED) is 0.272. The predicted molar refractivity (Wildman–Crippen MR) is 103 cm³/mol. The molecule has 2 rings (SSSR count). The third-order valence-corrected chi connectivity index (χ3v) is 4.55. The molecular formula is C15H11BrIN3O5. The van der Waals surface area contributed by atoms with E-state index in [-0.39, 0.29) is 4.47 Å². The van der Waals surface area contributed by atoms with Crippen LogP contribution in [0.25, 0.3) is 0 Å². The average molecular weight is 520 g/mol. The van der Waals surface area contributed by atoms with Gasteiger partial charge in [-0.1, -0.05) is 0 Å². The Morgan fingerprint density at radius 3 is 2.80 bits per heavy atom. The Hall–Kier alpha value is -2.21. The van der Waals surface area contributed by atoms with Crippen LogP contribution in [0.15, 0.2) is 39.9 Å². The van der Waals surface area contributed by atoms with E-state index in [1.807, 2.05) is 0 Å². The molecule has 0 fully saturated rings. The van der Waals surface area contributed by atoms with Gasteiger partial charge in [0.15, 0.2) is 0 Å². The van der Waals surface area contributed by atoms with Crippen LogP contribution in [0, 0.1) is 13.7 Å². The number of hydrogen-bond donors (Lipinski definition) is 2. The maximum atomic E-state index is 12.1. The normalized spacial score (nSPS) is 10.7. The fourth-order valence-electron chi connectivity index (χ4n) is 1.85. The number of phenols is 1. The molecule has 2 N–H and O–H groups in total. The molecule has 1 amide bonds. The number of amides is 1. The fraction of sp³-hybridized carbons (Fsp3) is 0.0667. The van der Waals surface area contributed by atoms with Crippen LogP contribution in [0.5, 0.6) is 11.5 Å². The molecule has 8 nitrogen and oxygen atoms in total. The van der Waals surface area contributed by atoms with Gasteiger partial charge in [-0.15, -0.1) is 0 Å². The lowest BCUT2D eigenvalue weighted by Gasteiger charge is -2.05. The summed E-state index contributed by atoms with van der Waals surface area (Å²) >= 11 is 5.11. The largest absolute Gasteiger partial charge is 0.501 e. The van der Waals surface area contributed by atoms with Crippen LogP contribution in [0.1, 0.15) is 15.9 Å². The number of phenolic OH excluding ortho intramolecular Hbond substituents is 1. The number of nitrogens with zero attached hydrogens (tertiary/aromatic N) is 2. The Morgan fingerprint density at radius 1 is 1.44 bits per heavy atom. The summed E-state index contributed by atoms with van der Waals surface area (Å²) in [4.78, 5) is 22.2. The zero-order chi connectivity index (χ0) is 18.6.